The van der Waals surface area contributed by atoms with E-state index < -0.39 is 78.9 Å². The number of piperidine rings is 1. The number of aliphatic carboxylic acids is 1. The van der Waals surface area contributed by atoms with Gasteiger partial charge in [-0.2, -0.15) is 26.3 Å². The van der Waals surface area contributed by atoms with Crippen LogP contribution in [0.4, 0.5) is 35.1 Å². The predicted octanol–water partition coefficient (Wildman–Crippen LogP) is 7.49. The number of allylic oxidation sites excluding steroid dienone is 1. The first-order valence-corrected chi connectivity index (χ1v) is 11.1. The fourth-order valence-electron chi connectivity index (χ4n) is 4.26. The first-order chi connectivity index (χ1) is 15.8. The lowest BCUT2D eigenvalue weighted by atomic mass is 9.78. The lowest BCUT2D eigenvalue weighted by Gasteiger charge is -2.48. The van der Waals surface area contributed by atoms with Gasteiger partial charge in [-0.05, 0) is 29.5 Å². The van der Waals surface area contributed by atoms with Gasteiger partial charge >= 0.3 is 18.3 Å². The molecule has 0 spiro atoms. The normalized spacial score (nSPS) is 22.9. The largest absolute Gasteiger partial charge is 0.481 e. The molecule has 198 valence electrons. The van der Waals surface area contributed by atoms with Gasteiger partial charge in [-0.1, -0.05) is 45.1 Å². The maximum atomic E-state index is 15.0. The molecule has 0 aromatic heterocycles. The highest BCUT2D eigenvalue weighted by Gasteiger charge is 2.52. The number of carbonyl (C=O) groups is 1. The molecule has 3 unspecified atom stereocenters. The SMILES string of the molecule is CC(C)(C)C=CC(CCC(F)(F)F)N1CCC(F)(F)C(CC(=O)O)C1c1ccc(C(F)(F)F)cc1. The third-order valence-corrected chi connectivity index (χ3v) is 5.93. The van der Waals surface area contributed by atoms with E-state index in [4.69, 9.17) is 0 Å². The number of carboxylic acid groups (broad SMARTS) is 1. The maximum absolute atomic E-state index is 15.0. The van der Waals surface area contributed by atoms with Crippen molar-refractivity contribution in [2.75, 3.05) is 6.54 Å². The summed E-state index contributed by atoms with van der Waals surface area (Å²) < 4.78 is 108. The Labute approximate surface area is 198 Å². The van der Waals surface area contributed by atoms with Crippen molar-refractivity contribution in [3.05, 3.63) is 47.5 Å². The van der Waals surface area contributed by atoms with Crippen molar-refractivity contribution in [2.45, 2.75) is 76.8 Å². The number of likely N-dealkylation sites (tertiary alicyclic amines) is 1. The van der Waals surface area contributed by atoms with E-state index in [1.54, 1.807) is 26.8 Å². The number of rotatable bonds is 7. The minimum absolute atomic E-state index is 0.00945. The van der Waals surface area contributed by atoms with Gasteiger partial charge in [-0.25, -0.2) is 8.78 Å². The smallest absolute Gasteiger partial charge is 0.416 e. The molecule has 3 nitrogen and oxygen atoms in total. The molecule has 0 saturated carbocycles. The van der Waals surface area contributed by atoms with E-state index in [0.717, 1.165) is 12.1 Å². The summed E-state index contributed by atoms with van der Waals surface area (Å²) in [6, 6.07) is 0.994. The van der Waals surface area contributed by atoms with Crippen molar-refractivity contribution in [3.8, 4) is 0 Å². The third kappa shape index (κ3) is 8.47. The lowest BCUT2D eigenvalue weighted by Crippen LogP contribution is -2.53. The molecule has 1 heterocycles. The Kier molecular flexibility index (Phi) is 8.67. The van der Waals surface area contributed by atoms with Crippen molar-refractivity contribution < 1.29 is 45.0 Å². The first-order valence-electron chi connectivity index (χ1n) is 11.1. The van der Waals surface area contributed by atoms with Crippen LogP contribution in [0.2, 0.25) is 0 Å². The van der Waals surface area contributed by atoms with Gasteiger partial charge in [0.2, 0.25) is 0 Å². The van der Waals surface area contributed by atoms with Gasteiger partial charge < -0.3 is 5.11 Å². The first kappa shape index (κ1) is 29.1. The molecule has 0 radical (unpaired) electrons. The summed E-state index contributed by atoms with van der Waals surface area (Å²) in [7, 11) is 0. The number of benzene rings is 1. The van der Waals surface area contributed by atoms with E-state index in [1.807, 2.05) is 0 Å². The summed E-state index contributed by atoms with van der Waals surface area (Å²) in [5.74, 6) is -6.86. The highest BCUT2D eigenvalue weighted by Crippen LogP contribution is 2.48. The number of hydrogen-bond donors (Lipinski definition) is 1. The van der Waals surface area contributed by atoms with Gasteiger partial charge in [0.1, 0.15) is 0 Å². The fourth-order valence-corrected chi connectivity index (χ4v) is 4.26. The molecule has 0 aliphatic carbocycles. The summed E-state index contributed by atoms with van der Waals surface area (Å²) in [6.45, 7) is 5.05. The second-order valence-corrected chi connectivity index (χ2v) is 9.96. The summed E-state index contributed by atoms with van der Waals surface area (Å²) >= 11 is 0. The topological polar surface area (TPSA) is 40.5 Å². The molecule has 2 rings (SSSR count). The van der Waals surface area contributed by atoms with Crippen molar-refractivity contribution in [3.63, 3.8) is 0 Å². The standard InChI is InChI=1S/C24H29F8NO2/c1-21(2,3)10-8-17(9-11-23(27,28)29)33-13-12-22(25,26)18(14-19(34)35)20(33)15-4-6-16(7-5-15)24(30,31)32/h4-8,10,17-18,20H,9,11-14H2,1-3H3,(H,34,35). The van der Waals surface area contributed by atoms with Crippen molar-refractivity contribution in [1.82, 2.24) is 4.90 Å². The van der Waals surface area contributed by atoms with E-state index >= 15 is 0 Å². The molecule has 1 aliphatic heterocycles. The van der Waals surface area contributed by atoms with Gasteiger partial charge in [0, 0.05) is 31.5 Å². The van der Waals surface area contributed by atoms with Crippen molar-refractivity contribution in [1.29, 1.82) is 0 Å². The summed E-state index contributed by atoms with van der Waals surface area (Å²) in [6.07, 6.45) is -9.52. The van der Waals surface area contributed by atoms with Crippen LogP contribution in [0.15, 0.2) is 36.4 Å². The Morgan fingerprint density at radius 3 is 2.14 bits per heavy atom. The van der Waals surface area contributed by atoms with Gasteiger partial charge in [-0.3, -0.25) is 9.69 Å². The maximum Gasteiger partial charge on any atom is 0.416 e. The predicted molar refractivity (Wildman–Crippen MR) is 114 cm³/mol. The Balaban J connectivity index is 2.60. The van der Waals surface area contributed by atoms with Crippen LogP contribution in [-0.4, -0.2) is 40.7 Å². The molecular weight excluding hydrogens is 486 g/mol. The van der Waals surface area contributed by atoms with Crippen LogP contribution in [0.5, 0.6) is 0 Å². The molecule has 1 N–H and O–H groups in total. The molecule has 35 heavy (non-hydrogen) atoms. The average molecular weight is 515 g/mol. The van der Waals surface area contributed by atoms with Gasteiger partial charge in [0.05, 0.1) is 17.9 Å². The van der Waals surface area contributed by atoms with Crippen LogP contribution in [0, 0.1) is 11.3 Å². The van der Waals surface area contributed by atoms with E-state index in [2.05, 4.69) is 0 Å². The molecule has 1 saturated heterocycles. The van der Waals surface area contributed by atoms with Crippen LogP contribution in [0.3, 0.4) is 0 Å². The van der Waals surface area contributed by atoms with Crippen molar-refractivity contribution >= 4 is 5.97 Å². The fraction of sp³-hybridized carbons (Fsp3) is 0.625. The van der Waals surface area contributed by atoms with Crippen LogP contribution in [-0.2, 0) is 11.0 Å². The molecule has 1 fully saturated rings. The summed E-state index contributed by atoms with van der Waals surface area (Å²) in [4.78, 5) is 12.8. The molecule has 0 bridgehead atoms. The molecule has 11 heteroatoms. The van der Waals surface area contributed by atoms with Gasteiger partial charge in [0.15, 0.2) is 0 Å². The van der Waals surface area contributed by atoms with Crippen molar-refractivity contribution in [2.24, 2.45) is 11.3 Å². The second-order valence-electron chi connectivity index (χ2n) is 9.96. The quantitative estimate of drug-likeness (QED) is 0.302. The third-order valence-electron chi connectivity index (χ3n) is 5.93. The van der Waals surface area contributed by atoms with Gasteiger partial charge in [0.25, 0.3) is 5.92 Å². The molecule has 1 aromatic rings. The molecule has 1 aliphatic rings. The number of nitrogens with zero attached hydrogens (tertiary/aromatic N) is 1. The average Bonchev–Trinajstić information content (AvgIpc) is 2.67. The van der Waals surface area contributed by atoms with Crippen LogP contribution < -0.4 is 0 Å². The van der Waals surface area contributed by atoms with E-state index in [0.29, 0.717) is 12.1 Å². The van der Waals surface area contributed by atoms with Gasteiger partial charge in [-0.15, -0.1) is 0 Å². The Bertz CT molecular complexity index is 885. The van der Waals surface area contributed by atoms with Crippen LogP contribution in [0.1, 0.15) is 63.6 Å². The summed E-state index contributed by atoms with van der Waals surface area (Å²) in [5, 5.41) is 9.30. The molecular formula is C24H29F8NO2. The lowest BCUT2D eigenvalue weighted by molar-refractivity contribution is -0.164. The van der Waals surface area contributed by atoms with E-state index in [1.165, 1.54) is 11.0 Å². The Morgan fingerprint density at radius 1 is 1.11 bits per heavy atom. The highest BCUT2D eigenvalue weighted by atomic mass is 19.4. The second kappa shape index (κ2) is 10.4. The van der Waals surface area contributed by atoms with E-state index in [9.17, 15) is 45.0 Å². The monoisotopic (exact) mass is 515 g/mol. The molecule has 3 atom stereocenters. The highest BCUT2D eigenvalue weighted by molar-refractivity contribution is 5.67. The number of alkyl halides is 8. The minimum Gasteiger partial charge on any atom is -0.481 e. The number of carboxylic acids is 1. The zero-order valence-corrected chi connectivity index (χ0v) is 19.6. The zero-order chi connectivity index (χ0) is 26.8. The number of hydrogen-bond acceptors (Lipinski definition) is 2. The zero-order valence-electron chi connectivity index (χ0n) is 19.6. The Morgan fingerprint density at radius 2 is 1.69 bits per heavy atom. The van der Waals surface area contributed by atoms with E-state index in [-0.39, 0.29) is 12.1 Å². The number of halogens is 8. The van der Waals surface area contributed by atoms with Crippen LogP contribution >= 0.6 is 0 Å². The van der Waals surface area contributed by atoms with Crippen LogP contribution in [0.25, 0.3) is 0 Å². The molecule has 0 amide bonds. The minimum atomic E-state index is -4.68. The molecule has 1 aromatic carbocycles. The Hall–Kier alpha value is -2.17. The summed E-state index contributed by atoms with van der Waals surface area (Å²) in [5.41, 5.74) is -1.48.